The first-order chi connectivity index (χ1) is 14.6. The molecule has 146 valence electrons. The highest BCUT2D eigenvalue weighted by molar-refractivity contribution is 6.22. The SMILES string of the molecule is O=C(CN1C(=O)c2ccccc2C1=O)Nc1cccc(-c2nc3ccccc3[nH]2)c1. The fraction of sp³-hybridized carbons (Fsp3) is 0.0435. The Bertz CT molecular complexity index is 1260. The number of hydrogen-bond acceptors (Lipinski definition) is 4. The summed E-state index contributed by atoms with van der Waals surface area (Å²) in [5.41, 5.74) is 3.78. The third kappa shape index (κ3) is 3.02. The molecule has 7 nitrogen and oxygen atoms in total. The van der Waals surface area contributed by atoms with Crippen molar-refractivity contribution in [3.05, 3.63) is 83.9 Å². The molecule has 2 heterocycles. The molecular formula is C23H16N4O3. The van der Waals surface area contributed by atoms with E-state index in [1.807, 2.05) is 30.3 Å². The van der Waals surface area contributed by atoms with Crippen molar-refractivity contribution >= 4 is 34.4 Å². The van der Waals surface area contributed by atoms with Gasteiger partial charge in [-0.25, -0.2) is 4.98 Å². The summed E-state index contributed by atoms with van der Waals surface area (Å²) < 4.78 is 0. The van der Waals surface area contributed by atoms with Crippen LogP contribution in [0.4, 0.5) is 5.69 Å². The van der Waals surface area contributed by atoms with Crippen molar-refractivity contribution in [2.45, 2.75) is 0 Å². The number of H-pyrrole nitrogens is 1. The van der Waals surface area contributed by atoms with Crippen LogP contribution < -0.4 is 5.32 Å². The number of fused-ring (bicyclic) bond motifs is 2. The molecule has 30 heavy (non-hydrogen) atoms. The second kappa shape index (κ2) is 6.97. The lowest BCUT2D eigenvalue weighted by molar-refractivity contribution is -0.116. The number of amides is 3. The number of hydrogen-bond donors (Lipinski definition) is 2. The number of aromatic amines is 1. The number of imidazole rings is 1. The fourth-order valence-corrected chi connectivity index (χ4v) is 3.56. The van der Waals surface area contributed by atoms with Crippen LogP contribution in [0.15, 0.2) is 72.8 Å². The number of anilines is 1. The maximum Gasteiger partial charge on any atom is 0.262 e. The van der Waals surface area contributed by atoms with E-state index in [1.54, 1.807) is 42.5 Å². The molecule has 7 heteroatoms. The summed E-state index contributed by atoms with van der Waals surface area (Å²) >= 11 is 0. The molecule has 0 unspecified atom stereocenters. The van der Waals surface area contributed by atoms with Crippen molar-refractivity contribution < 1.29 is 14.4 Å². The van der Waals surface area contributed by atoms with Crippen LogP contribution in [0, 0.1) is 0 Å². The van der Waals surface area contributed by atoms with E-state index in [-0.39, 0.29) is 6.54 Å². The number of nitrogens with one attached hydrogen (secondary N) is 2. The Morgan fingerprint density at radius 2 is 1.60 bits per heavy atom. The minimum Gasteiger partial charge on any atom is -0.338 e. The van der Waals surface area contributed by atoms with Gasteiger partial charge in [-0.15, -0.1) is 0 Å². The van der Waals surface area contributed by atoms with Crippen LogP contribution in [0.25, 0.3) is 22.4 Å². The maximum atomic E-state index is 12.5. The van der Waals surface area contributed by atoms with Crippen molar-refractivity contribution in [1.82, 2.24) is 14.9 Å². The van der Waals surface area contributed by atoms with Crippen LogP contribution in [0.1, 0.15) is 20.7 Å². The first-order valence-corrected chi connectivity index (χ1v) is 9.40. The molecule has 3 amide bonds. The van der Waals surface area contributed by atoms with Crippen LogP contribution in [0.3, 0.4) is 0 Å². The van der Waals surface area contributed by atoms with Crippen LogP contribution in [0.2, 0.25) is 0 Å². The van der Waals surface area contributed by atoms with Gasteiger partial charge in [-0.2, -0.15) is 0 Å². The monoisotopic (exact) mass is 396 g/mol. The number of para-hydroxylation sites is 2. The first-order valence-electron chi connectivity index (χ1n) is 9.40. The molecule has 3 aromatic carbocycles. The number of rotatable bonds is 4. The van der Waals surface area contributed by atoms with Crippen molar-refractivity contribution in [2.24, 2.45) is 0 Å². The molecule has 1 aliphatic rings. The van der Waals surface area contributed by atoms with Gasteiger partial charge in [0, 0.05) is 11.3 Å². The van der Waals surface area contributed by atoms with E-state index in [0.717, 1.165) is 21.5 Å². The van der Waals surface area contributed by atoms with E-state index < -0.39 is 17.7 Å². The lowest BCUT2D eigenvalue weighted by Gasteiger charge is -2.14. The number of aromatic nitrogens is 2. The summed E-state index contributed by atoms with van der Waals surface area (Å²) in [4.78, 5) is 46.2. The average molecular weight is 396 g/mol. The average Bonchev–Trinajstić information content (AvgIpc) is 3.30. The molecule has 1 aromatic heterocycles. The highest BCUT2D eigenvalue weighted by Crippen LogP contribution is 2.24. The van der Waals surface area contributed by atoms with Gasteiger partial charge >= 0.3 is 0 Å². The zero-order valence-electron chi connectivity index (χ0n) is 15.8. The Labute approximate surface area is 171 Å². The van der Waals surface area contributed by atoms with Crippen LogP contribution in [-0.2, 0) is 4.79 Å². The molecule has 0 bridgehead atoms. The number of carbonyl (C=O) groups is 3. The molecule has 0 radical (unpaired) electrons. The van der Waals surface area contributed by atoms with Crippen LogP contribution in [-0.4, -0.2) is 39.1 Å². The van der Waals surface area contributed by atoms with E-state index in [2.05, 4.69) is 15.3 Å². The predicted octanol–water partition coefficient (Wildman–Crippen LogP) is 3.46. The van der Waals surface area contributed by atoms with Gasteiger partial charge in [0.2, 0.25) is 5.91 Å². The summed E-state index contributed by atoms with van der Waals surface area (Å²) in [5, 5.41) is 2.75. The van der Waals surface area contributed by atoms with E-state index in [0.29, 0.717) is 22.6 Å². The summed E-state index contributed by atoms with van der Waals surface area (Å²) in [6.07, 6.45) is 0. The molecule has 2 N–H and O–H groups in total. The van der Waals surface area contributed by atoms with Crippen LogP contribution >= 0.6 is 0 Å². The number of imide groups is 1. The second-order valence-corrected chi connectivity index (χ2v) is 6.97. The highest BCUT2D eigenvalue weighted by Gasteiger charge is 2.36. The van der Waals surface area contributed by atoms with E-state index in [1.165, 1.54) is 0 Å². The summed E-state index contributed by atoms with van der Waals surface area (Å²) in [7, 11) is 0. The lowest BCUT2D eigenvalue weighted by atomic mass is 10.1. The molecule has 0 atom stereocenters. The normalized spacial score (nSPS) is 13.0. The van der Waals surface area contributed by atoms with Crippen molar-refractivity contribution in [3.8, 4) is 11.4 Å². The van der Waals surface area contributed by atoms with Crippen molar-refractivity contribution in [1.29, 1.82) is 0 Å². The van der Waals surface area contributed by atoms with Gasteiger partial charge in [-0.3, -0.25) is 19.3 Å². The largest absolute Gasteiger partial charge is 0.338 e. The molecule has 1 aliphatic heterocycles. The van der Waals surface area contributed by atoms with Gasteiger partial charge in [-0.05, 0) is 36.4 Å². The summed E-state index contributed by atoms with van der Waals surface area (Å²) in [5.74, 6) is -0.678. The molecule has 4 aromatic rings. The van der Waals surface area contributed by atoms with Crippen molar-refractivity contribution in [3.63, 3.8) is 0 Å². The third-order valence-corrected chi connectivity index (χ3v) is 4.99. The lowest BCUT2D eigenvalue weighted by Crippen LogP contribution is -2.37. The van der Waals surface area contributed by atoms with Gasteiger partial charge in [0.15, 0.2) is 0 Å². The summed E-state index contributed by atoms with van der Waals surface area (Å²) in [6, 6.07) is 21.5. The first kappa shape index (κ1) is 17.8. The fourth-order valence-electron chi connectivity index (χ4n) is 3.56. The van der Waals surface area contributed by atoms with Gasteiger partial charge < -0.3 is 10.3 Å². The minimum atomic E-state index is -0.457. The molecule has 0 spiro atoms. The quantitative estimate of drug-likeness (QED) is 0.517. The Hall–Kier alpha value is -4.26. The molecule has 0 saturated heterocycles. The third-order valence-electron chi connectivity index (χ3n) is 4.99. The maximum absolute atomic E-state index is 12.5. The van der Waals surface area contributed by atoms with Crippen LogP contribution in [0.5, 0.6) is 0 Å². The van der Waals surface area contributed by atoms with Gasteiger partial charge in [0.25, 0.3) is 11.8 Å². The second-order valence-electron chi connectivity index (χ2n) is 6.97. The van der Waals surface area contributed by atoms with Gasteiger partial charge in [0.1, 0.15) is 12.4 Å². The Kier molecular flexibility index (Phi) is 4.14. The van der Waals surface area contributed by atoms with E-state index in [9.17, 15) is 14.4 Å². The molecule has 0 aliphatic carbocycles. The summed E-state index contributed by atoms with van der Waals surface area (Å²) in [6.45, 7) is -0.346. The van der Waals surface area contributed by atoms with E-state index in [4.69, 9.17) is 0 Å². The zero-order chi connectivity index (χ0) is 20.7. The molecule has 0 fully saturated rings. The Morgan fingerprint density at radius 1 is 0.900 bits per heavy atom. The Balaban J connectivity index is 1.33. The Morgan fingerprint density at radius 3 is 2.33 bits per heavy atom. The van der Waals surface area contributed by atoms with Gasteiger partial charge in [0.05, 0.1) is 22.2 Å². The topological polar surface area (TPSA) is 95.2 Å². The molecule has 5 rings (SSSR count). The van der Waals surface area contributed by atoms with Gasteiger partial charge in [-0.1, -0.05) is 36.4 Å². The predicted molar refractivity (Wildman–Crippen MR) is 112 cm³/mol. The van der Waals surface area contributed by atoms with Crippen molar-refractivity contribution in [2.75, 3.05) is 11.9 Å². The number of carbonyl (C=O) groups excluding carboxylic acids is 3. The zero-order valence-corrected chi connectivity index (χ0v) is 15.8. The minimum absolute atomic E-state index is 0.321. The smallest absolute Gasteiger partial charge is 0.262 e. The molecular weight excluding hydrogens is 380 g/mol. The number of nitrogens with zero attached hydrogens (tertiary/aromatic N) is 2. The van der Waals surface area contributed by atoms with E-state index >= 15 is 0 Å². The highest BCUT2D eigenvalue weighted by atomic mass is 16.2. The molecule has 0 saturated carbocycles. The number of benzene rings is 3. The standard InChI is InChI=1S/C23H16N4O3/c28-20(13-27-22(29)16-8-1-2-9-17(16)23(27)30)24-15-7-5-6-14(12-15)21-25-18-10-3-4-11-19(18)26-21/h1-12H,13H2,(H,24,28)(H,25,26).